The van der Waals surface area contributed by atoms with Crippen molar-refractivity contribution in [2.24, 2.45) is 5.10 Å². The number of hydrogen-bond acceptors (Lipinski definition) is 8. The number of aromatic nitrogens is 3. The van der Waals surface area contributed by atoms with Gasteiger partial charge in [0.1, 0.15) is 5.82 Å². The predicted molar refractivity (Wildman–Crippen MR) is 123 cm³/mol. The fraction of sp³-hybridized carbons (Fsp3) is 0.304. The second-order valence-corrected chi connectivity index (χ2v) is 7.19. The molecule has 162 valence electrons. The molecule has 0 atom stereocenters. The lowest BCUT2D eigenvalue weighted by Crippen LogP contribution is -2.37. The lowest BCUT2D eigenvalue weighted by Gasteiger charge is -2.28. The van der Waals surface area contributed by atoms with Crippen molar-refractivity contribution in [3.63, 3.8) is 0 Å². The van der Waals surface area contributed by atoms with E-state index in [1.54, 1.807) is 12.4 Å². The molecule has 1 saturated heterocycles. The molecule has 0 bridgehead atoms. The highest BCUT2D eigenvalue weighted by atomic mass is 16.5. The van der Waals surface area contributed by atoms with Gasteiger partial charge in [-0.1, -0.05) is 18.2 Å². The molecule has 4 rings (SSSR count). The molecular formula is C23H28N6O2. The number of nitrogens with one attached hydrogen (secondary N) is 1. The average Bonchev–Trinajstić information content (AvgIpc) is 2.80. The predicted octanol–water partition coefficient (Wildman–Crippen LogP) is 3.33. The van der Waals surface area contributed by atoms with Gasteiger partial charge in [-0.25, -0.2) is 0 Å². The Kier molecular flexibility index (Phi) is 7.02. The molecule has 3 heterocycles. The van der Waals surface area contributed by atoms with Gasteiger partial charge in [0.25, 0.3) is 0 Å². The molecule has 1 aliphatic heterocycles. The Balaban J connectivity index is 0.00000289. The maximum atomic E-state index is 5.86. The molecule has 8 heteroatoms. The molecule has 0 radical (unpaired) electrons. The van der Waals surface area contributed by atoms with Gasteiger partial charge in [-0.3, -0.25) is 10.4 Å². The number of pyridine rings is 1. The minimum absolute atomic E-state index is 0. The lowest BCUT2D eigenvalue weighted by molar-refractivity contribution is 0.122. The van der Waals surface area contributed by atoms with Crippen molar-refractivity contribution in [2.75, 3.05) is 43.2 Å². The third kappa shape index (κ3) is 6.23. The van der Waals surface area contributed by atoms with E-state index in [2.05, 4.69) is 30.4 Å². The first kappa shape index (κ1) is 20.7. The van der Waals surface area contributed by atoms with Gasteiger partial charge in [0.2, 0.25) is 0 Å². The van der Waals surface area contributed by atoms with E-state index in [9.17, 15) is 0 Å². The fourth-order valence-electron chi connectivity index (χ4n) is 3.20. The molecule has 1 aromatic carbocycles. The Morgan fingerprint density at radius 1 is 1.16 bits per heavy atom. The number of nitrogens with zero attached hydrogens (tertiary/aromatic N) is 5. The highest BCUT2D eigenvalue weighted by Crippen LogP contribution is 2.17. The maximum absolute atomic E-state index is 5.86. The molecule has 1 N–H and O–H groups in total. The molecule has 1 aliphatic rings. The fourth-order valence-corrected chi connectivity index (χ4v) is 3.20. The minimum atomic E-state index is 0. The number of anilines is 2. The van der Waals surface area contributed by atoms with E-state index < -0.39 is 0 Å². The first-order valence-electron chi connectivity index (χ1n) is 10.4. The summed E-state index contributed by atoms with van der Waals surface area (Å²) in [7, 11) is 0. The van der Waals surface area contributed by atoms with Crippen LogP contribution in [0.3, 0.4) is 0 Å². The highest BCUT2D eigenvalue weighted by molar-refractivity contribution is 5.79. The first-order chi connectivity index (χ1) is 15.3. The summed E-state index contributed by atoms with van der Waals surface area (Å²) >= 11 is 0. The van der Waals surface area contributed by atoms with Crippen LogP contribution in [0.15, 0.2) is 59.8 Å². The van der Waals surface area contributed by atoms with Crippen molar-refractivity contribution in [2.45, 2.75) is 13.3 Å². The summed E-state index contributed by atoms with van der Waals surface area (Å²) < 4.78 is 11.3. The van der Waals surface area contributed by atoms with Crippen molar-refractivity contribution < 1.29 is 10.9 Å². The van der Waals surface area contributed by atoms with Crippen molar-refractivity contribution in [3.8, 4) is 6.01 Å². The number of rotatable bonds is 8. The van der Waals surface area contributed by atoms with Crippen molar-refractivity contribution in [1.82, 2.24) is 15.0 Å². The molecule has 1 fully saturated rings. The van der Waals surface area contributed by atoms with Crippen LogP contribution in [0.25, 0.3) is 0 Å². The van der Waals surface area contributed by atoms with Gasteiger partial charge in [-0.05, 0) is 36.8 Å². The lowest BCUT2D eigenvalue weighted by atomic mass is 10.2. The van der Waals surface area contributed by atoms with Crippen LogP contribution in [0.1, 0.15) is 18.4 Å². The highest BCUT2D eigenvalue weighted by Gasteiger charge is 2.15. The molecule has 0 spiro atoms. The minimum Gasteiger partial charge on any atom is -0.463 e. The van der Waals surface area contributed by atoms with Crippen LogP contribution in [-0.2, 0) is 11.2 Å². The Labute approximate surface area is 183 Å². The topological polar surface area (TPSA) is 84.8 Å². The monoisotopic (exact) mass is 420 g/mol. The number of morpholine rings is 1. The van der Waals surface area contributed by atoms with E-state index >= 15 is 0 Å². The SMILES string of the molecule is Cc1cccc(N/N=C/c2cc(N3CCOCC3)nc(OCCc3ccccn3)n2)c1.[HH]. The van der Waals surface area contributed by atoms with Crippen molar-refractivity contribution in [3.05, 3.63) is 71.7 Å². The third-order valence-electron chi connectivity index (χ3n) is 4.77. The van der Waals surface area contributed by atoms with E-state index in [0.29, 0.717) is 37.9 Å². The van der Waals surface area contributed by atoms with Crippen LogP contribution in [0.5, 0.6) is 6.01 Å². The summed E-state index contributed by atoms with van der Waals surface area (Å²) in [5.41, 5.74) is 6.77. The van der Waals surface area contributed by atoms with Crippen LogP contribution in [-0.4, -0.2) is 54.1 Å². The molecule has 0 amide bonds. The maximum Gasteiger partial charge on any atom is 0.318 e. The molecule has 0 unspecified atom stereocenters. The van der Waals surface area contributed by atoms with E-state index in [0.717, 1.165) is 30.3 Å². The zero-order chi connectivity index (χ0) is 21.3. The van der Waals surface area contributed by atoms with E-state index in [4.69, 9.17) is 9.47 Å². The summed E-state index contributed by atoms with van der Waals surface area (Å²) in [5, 5.41) is 4.33. The number of ether oxygens (including phenoxy) is 2. The zero-order valence-electron chi connectivity index (χ0n) is 17.6. The second kappa shape index (κ2) is 10.5. The average molecular weight is 421 g/mol. The van der Waals surface area contributed by atoms with Gasteiger partial charge < -0.3 is 14.4 Å². The van der Waals surface area contributed by atoms with Crippen LogP contribution >= 0.6 is 0 Å². The Bertz CT molecular complexity index is 1010. The zero-order valence-corrected chi connectivity index (χ0v) is 17.6. The molecule has 2 aromatic heterocycles. The largest absolute Gasteiger partial charge is 0.463 e. The molecule has 0 aliphatic carbocycles. The van der Waals surface area contributed by atoms with Gasteiger partial charge in [0.15, 0.2) is 0 Å². The van der Waals surface area contributed by atoms with Crippen LogP contribution in [0.2, 0.25) is 0 Å². The summed E-state index contributed by atoms with van der Waals surface area (Å²) in [6.07, 6.45) is 4.14. The van der Waals surface area contributed by atoms with Gasteiger partial charge in [-0.2, -0.15) is 15.1 Å². The number of hydrazone groups is 1. The normalized spacial score (nSPS) is 14.0. The number of benzene rings is 1. The van der Waals surface area contributed by atoms with Crippen LogP contribution in [0.4, 0.5) is 11.5 Å². The molecule has 8 nitrogen and oxygen atoms in total. The van der Waals surface area contributed by atoms with E-state index in [1.165, 1.54) is 5.56 Å². The third-order valence-corrected chi connectivity index (χ3v) is 4.77. The standard InChI is InChI=1S/C23H26N6O2.H2/c1-18-5-4-7-20(15-18)28-25-17-21-16-22(29-10-13-30-14-11-29)27-23(26-21)31-12-8-19-6-2-3-9-24-19;/h2-7,9,15-17,28H,8,10-14H2,1H3;1H/b25-17+;. The number of aryl methyl sites for hydroxylation is 1. The summed E-state index contributed by atoms with van der Waals surface area (Å²) in [6, 6.07) is 16.1. The summed E-state index contributed by atoms with van der Waals surface area (Å²) in [6.45, 7) is 5.41. The summed E-state index contributed by atoms with van der Waals surface area (Å²) in [4.78, 5) is 15.6. The van der Waals surface area contributed by atoms with Gasteiger partial charge in [-0.15, -0.1) is 0 Å². The van der Waals surface area contributed by atoms with E-state index in [1.807, 2.05) is 55.5 Å². The Morgan fingerprint density at radius 2 is 2.06 bits per heavy atom. The van der Waals surface area contributed by atoms with Crippen molar-refractivity contribution in [1.29, 1.82) is 0 Å². The van der Waals surface area contributed by atoms with E-state index in [-0.39, 0.29) is 1.43 Å². The van der Waals surface area contributed by atoms with Gasteiger partial charge in [0, 0.05) is 38.9 Å². The smallest absolute Gasteiger partial charge is 0.318 e. The quantitative estimate of drug-likeness (QED) is 0.442. The Morgan fingerprint density at radius 3 is 2.87 bits per heavy atom. The summed E-state index contributed by atoms with van der Waals surface area (Å²) in [5.74, 6) is 0.808. The Hall–Kier alpha value is -3.52. The van der Waals surface area contributed by atoms with Gasteiger partial charge in [0.05, 0.1) is 37.4 Å². The number of hydrogen-bond donors (Lipinski definition) is 1. The molecule has 3 aromatic rings. The van der Waals surface area contributed by atoms with Crippen LogP contribution < -0.4 is 15.1 Å². The molecular weight excluding hydrogens is 392 g/mol. The van der Waals surface area contributed by atoms with Crippen LogP contribution in [0, 0.1) is 6.92 Å². The second-order valence-electron chi connectivity index (χ2n) is 7.19. The van der Waals surface area contributed by atoms with Crippen molar-refractivity contribution >= 4 is 17.7 Å². The molecule has 31 heavy (non-hydrogen) atoms. The first-order valence-corrected chi connectivity index (χ1v) is 10.4. The molecule has 0 saturated carbocycles. The van der Waals surface area contributed by atoms with Gasteiger partial charge >= 0.3 is 6.01 Å².